The fourth-order valence-electron chi connectivity index (χ4n) is 2.87. The normalized spacial score (nSPS) is 12.4. The fraction of sp³-hybridized carbons (Fsp3) is 0.211. The van der Waals surface area contributed by atoms with Crippen LogP contribution in [0.2, 0.25) is 0 Å². The number of methoxy groups -OCH3 is 2. The van der Waals surface area contributed by atoms with Crippen molar-refractivity contribution in [1.82, 2.24) is 5.48 Å². The maximum atomic E-state index is 12.3. The van der Waals surface area contributed by atoms with Gasteiger partial charge in [-0.15, -0.1) is 0 Å². The first-order chi connectivity index (χ1) is 13.0. The van der Waals surface area contributed by atoms with E-state index in [0.29, 0.717) is 5.70 Å². The number of allylic oxidation sites excluding steroid dienone is 1. The lowest BCUT2D eigenvalue weighted by Gasteiger charge is -2.19. The zero-order chi connectivity index (χ0) is 19.4. The molecular formula is C19H18N2O6. The van der Waals surface area contributed by atoms with Crippen molar-refractivity contribution in [3.63, 3.8) is 0 Å². The number of aryl methyl sites for hydroxylation is 1. The number of nitrogens with zero attached hydrogens (tertiary/aromatic N) is 1. The van der Waals surface area contributed by atoms with E-state index in [-0.39, 0.29) is 17.0 Å². The molecule has 2 aromatic carbocycles. The first-order valence-corrected chi connectivity index (χ1v) is 8.20. The maximum absolute atomic E-state index is 12.3. The molecule has 0 atom stereocenters. The average Bonchev–Trinajstić information content (AvgIpc) is 2.70. The van der Waals surface area contributed by atoms with Crippen LogP contribution in [0.25, 0.3) is 5.70 Å². The number of fused-ring (bicyclic) bond motifs is 1. The van der Waals surface area contributed by atoms with E-state index in [0.717, 1.165) is 35.8 Å². The number of hydrogen-bond acceptors (Lipinski definition) is 7. The number of carbonyl (C=O) groups excluding carboxylic acids is 1. The molecule has 0 saturated heterocycles. The summed E-state index contributed by atoms with van der Waals surface area (Å²) in [7, 11) is 2.93. The fourth-order valence-corrected chi connectivity index (χ4v) is 2.87. The van der Waals surface area contributed by atoms with Crippen LogP contribution >= 0.6 is 0 Å². The third-order valence-electron chi connectivity index (χ3n) is 4.23. The molecule has 0 fully saturated rings. The Morgan fingerprint density at radius 2 is 1.96 bits per heavy atom. The van der Waals surface area contributed by atoms with E-state index in [4.69, 9.17) is 14.3 Å². The summed E-state index contributed by atoms with van der Waals surface area (Å²) < 4.78 is 10.2. The molecule has 0 bridgehead atoms. The zero-order valence-corrected chi connectivity index (χ0v) is 14.9. The van der Waals surface area contributed by atoms with Gasteiger partial charge in [0.15, 0.2) is 5.75 Å². The number of rotatable bonds is 6. The highest BCUT2D eigenvalue weighted by Crippen LogP contribution is 2.29. The van der Waals surface area contributed by atoms with Gasteiger partial charge < -0.3 is 14.3 Å². The number of carbonyl (C=O) groups is 1. The third kappa shape index (κ3) is 3.84. The summed E-state index contributed by atoms with van der Waals surface area (Å²) in [6.07, 6.45) is 3.57. The molecule has 0 saturated carbocycles. The quantitative estimate of drug-likeness (QED) is 0.615. The van der Waals surface area contributed by atoms with Crippen molar-refractivity contribution in [2.24, 2.45) is 0 Å². The van der Waals surface area contributed by atoms with E-state index in [9.17, 15) is 14.9 Å². The van der Waals surface area contributed by atoms with Gasteiger partial charge in [-0.2, -0.15) is 0 Å². The topological polar surface area (TPSA) is 99.9 Å². The SMILES string of the molecule is COc1ccc2c(c1)CCC=C2NOC(=O)c1ccc(OC)c([N+](=O)[O-])c1. The van der Waals surface area contributed by atoms with Crippen molar-refractivity contribution in [3.8, 4) is 11.5 Å². The Bertz CT molecular complexity index is 922. The number of nitro groups is 1. The highest BCUT2D eigenvalue weighted by molar-refractivity contribution is 5.91. The Hall–Kier alpha value is -3.55. The van der Waals surface area contributed by atoms with Crippen molar-refractivity contribution in [2.45, 2.75) is 12.8 Å². The molecular weight excluding hydrogens is 352 g/mol. The lowest BCUT2D eigenvalue weighted by molar-refractivity contribution is -0.385. The molecule has 1 N–H and O–H groups in total. The Morgan fingerprint density at radius 1 is 1.15 bits per heavy atom. The van der Waals surface area contributed by atoms with E-state index in [1.807, 2.05) is 24.3 Å². The lowest BCUT2D eigenvalue weighted by atomic mass is 9.95. The number of hydroxylamine groups is 1. The van der Waals surface area contributed by atoms with Gasteiger partial charge in [0.2, 0.25) is 0 Å². The summed E-state index contributed by atoms with van der Waals surface area (Å²) in [6, 6.07) is 9.54. The Morgan fingerprint density at radius 3 is 2.67 bits per heavy atom. The number of hydrogen-bond donors (Lipinski definition) is 1. The highest BCUT2D eigenvalue weighted by Gasteiger charge is 2.20. The van der Waals surface area contributed by atoms with E-state index in [2.05, 4.69) is 5.48 Å². The van der Waals surface area contributed by atoms with Gasteiger partial charge in [-0.05, 0) is 48.7 Å². The Balaban J connectivity index is 1.74. The standard InChI is InChI=1S/C19H18N2O6/c1-25-14-7-8-15-12(10-14)4-3-5-16(15)20-27-19(22)13-6-9-18(26-2)17(11-13)21(23)24/h5-11,20H,3-4H2,1-2H3. The van der Waals surface area contributed by atoms with Gasteiger partial charge in [0.25, 0.3) is 0 Å². The monoisotopic (exact) mass is 370 g/mol. The molecule has 3 rings (SSSR count). The van der Waals surface area contributed by atoms with Crippen LogP contribution in [0, 0.1) is 10.1 Å². The van der Waals surface area contributed by atoms with Gasteiger partial charge in [0.1, 0.15) is 5.75 Å². The van der Waals surface area contributed by atoms with Crippen LogP contribution in [0.15, 0.2) is 42.5 Å². The molecule has 0 spiro atoms. The molecule has 8 heteroatoms. The van der Waals surface area contributed by atoms with Gasteiger partial charge in [-0.3, -0.25) is 10.1 Å². The molecule has 1 aliphatic carbocycles. The third-order valence-corrected chi connectivity index (χ3v) is 4.23. The first kappa shape index (κ1) is 18.2. The smallest absolute Gasteiger partial charge is 0.363 e. The van der Waals surface area contributed by atoms with Crippen molar-refractivity contribution in [3.05, 3.63) is 69.3 Å². The zero-order valence-electron chi connectivity index (χ0n) is 14.9. The second-order valence-corrected chi connectivity index (χ2v) is 5.81. The van der Waals surface area contributed by atoms with Crippen LogP contribution in [-0.2, 0) is 11.3 Å². The predicted molar refractivity (Wildman–Crippen MR) is 97.5 cm³/mol. The van der Waals surface area contributed by atoms with Gasteiger partial charge in [-0.25, -0.2) is 10.3 Å². The largest absolute Gasteiger partial charge is 0.497 e. The number of nitro benzene ring substituents is 1. The summed E-state index contributed by atoms with van der Waals surface area (Å²) >= 11 is 0. The Labute approximate surface area is 155 Å². The molecule has 8 nitrogen and oxygen atoms in total. The molecule has 27 heavy (non-hydrogen) atoms. The average molecular weight is 370 g/mol. The van der Waals surface area contributed by atoms with Gasteiger partial charge in [0, 0.05) is 11.6 Å². The Kier molecular flexibility index (Phi) is 5.25. The van der Waals surface area contributed by atoms with Crippen LogP contribution in [0.1, 0.15) is 27.9 Å². The van der Waals surface area contributed by atoms with Crippen LogP contribution in [0.4, 0.5) is 5.69 Å². The minimum atomic E-state index is -0.734. The molecule has 0 radical (unpaired) electrons. The lowest BCUT2D eigenvalue weighted by Crippen LogP contribution is -2.21. The highest BCUT2D eigenvalue weighted by atomic mass is 16.7. The number of ether oxygens (including phenoxy) is 2. The minimum Gasteiger partial charge on any atom is -0.497 e. The van der Waals surface area contributed by atoms with Gasteiger partial charge in [0.05, 0.1) is 30.4 Å². The van der Waals surface area contributed by atoms with Crippen LogP contribution in [0.3, 0.4) is 0 Å². The van der Waals surface area contributed by atoms with Crippen molar-refractivity contribution in [2.75, 3.05) is 14.2 Å². The molecule has 0 aromatic heterocycles. The van der Waals surface area contributed by atoms with E-state index in [1.54, 1.807) is 7.11 Å². The second kappa shape index (κ2) is 7.77. The molecule has 0 amide bonds. The van der Waals surface area contributed by atoms with Crippen molar-refractivity contribution in [1.29, 1.82) is 0 Å². The van der Waals surface area contributed by atoms with Gasteiger partial charge >= 0.3 is 11.7 Å². The predicted octanol–water partition coefficient (Wildman–Crippen LogP) is 3.26. The summed E-state index contributed by atoms with van der Waals surface area (Å²) in [5.41, 5.74) is 5.05. The first-order valence-electron chi connectivity index (χ1n) is 8.20. The molecule has 0 aliphatic heterocycles. The van der Waals surface area contributed by atoms with Crippen LogP contribution < -0.4 is 15.0 Å². The maximum Gasteiger partial charge on any atom is 0.363 e. The summed E-state index contributed by atoms with van der Waals surface area (Å²) in [6.45, 7) is 0. The van der Waals surface area contributed by atoms with Crippen LogP contribution in [-0.4, -0.2) is 25.1 Å². The molecule has 2 aromatic rings. The molecule has 140 valence electrons. The molecule has 1 aliphatic rings. The van der Waals surface area contributed by atoms with Crippen LogP contribution in [0.5, 0.6) is 11.5 Å². The minimum absolute atomic E-state index is 0.0429. The van der Waals surface area contributed by atoms with Crippen molar-refractivity contribution >= 4 is 17.4 Å². The van der Waals surface area contributed by atoms with E-state index in [1.165, 1.54) is 19.2 Å². The summed E-state index contributed by atoms with van der Waals surface area (Å²) in [4.78, 5) is 27.9. The molecule has 0 unspecified atom stereocenters. The van der Waals surface area contributed by atoms with E-state index < -0.39 is 10.9 Å². The van der Waals surface area contributed by atoms with Crippen molar-refractivity contribution < 1.29 is 24.0 Å². The van der Waals surface area contributed by atoms with E-state index >= 15 is 0 Å². The summed E-state index contributed by atoms with van der Waals surface area (Å²) in [5.74, 6) is 0.0993. The number of nitrogens with one attached hydrogen (secondary N) is 1. The second-order valence-electron chi connectivity index (χ2n) is 5.81. The summed E-state index contributed by atoms with van der Waals surface area (Å²) in [5, 5.41) is 11.1. The number of benzene rings is 2. The molecule has 0 heterocycles. The van der Waals surface area contributed by atoms with Gasteiger partial charge in [-0.1, -0.05) is 6.08 Å².